The first kappa shape index (κ1) is 28.6. The lowest BCUT2D eigenvalue weighted by Gasteiger charge is -2.18. The van der Waals surface area contributed by atoms with Gasteiger partial charge in [0.1, 0.15) is 23.1 Å². The molecule has 0 saturated carbocycles. The molecule has 0 unspecified atom stereocenters. The lowest BCUT2D eigenvalue weighted by Crippen LogP contribution is -2.42. The Bertz CT molecular complexity index is 1690. The van der Waals surface area contributed by atoms with Gasteiger partial charge < -0.3 is 35.7 Å². The second-order valence-electron chi connectivity index (χ2n) is 9.14. The van der Waals surface area contributed by atoms with Crippen molar-refractivity contribution < 1.29 is 34.1 Å². The van der Waals surface area contributed by atoms with Crippen LogP contribution in [-0.4, -0.2) is 65.8 Å². The van der Waals surface area contributed by atoms with Crippen LogP contribution in [0.1, 0.15) is 33.6 Å². The Morgan fingerprint density at radius 3 is 2.44 bits per heavy atom. The monoisotopic (exact) mass is 560 g/mol. The number of hydrogen-bond donors (Lipinski definition) is 6. The van der Waals surface area contributed by atoms with Gasteiger partial charge in [0.2, 0.25) is 0 Å². The minimum Gasteiger partial charge on any atom is -0.508 e. The Labute approximate surface area is 233 Å². The summed E-state index contributed by atoms with van der Waals surface area (Å²) in [6, 6.07) is 11.3. The number of rotatable bonds is 9. The fourth-order valence-electron chi connectivity index (χ4n) is 4.52. The second-order valence-corrected chi connectivity index (χ2v) is 9.14. The summed E-state index contributed by atoms with van der Waals surface area (Å²) in [6.07, 6.45) is 0.537. The van der Waals surface area contributed by atoms with Crippen LogP contribution in [-0.2, 0) is 4.79 Å². The Morgan fingerprint density at radius 1 is 1.00 bits per heavy atom. The number of phenols is 1. The largest absolute Gasteiger partial charge is 0.508 e. The van der Waals surface area contributed by atoms with Gasteiger partial charge in [0, 0.05) is 54.8 Å². The third-order valence-electron chi connectivity index (χ3n) is 6.48. The number of carbonyl (C=O) groups is 3. The Hall–Kier alpha value is -5.39. The van der Waals surface area contributed by atoms with E-state index in [1.807, 2.05) is 0 Å². The zero-order chi connectivity index (χ0) is 29.7. The summed E-state index contributed by atoms with van der Waals surface area (Å²) in [5.41, 5.74) is 0.765. The molecule has 1 heterocycles. The molecule has 1 amide bonds. The number of benzene rings is 3. The topological polar surface area (TPSA) is 191 Å². The van der Waals surface area contributed by atoms with Crippen molar-refractivity contribution in [2.45, 2.75) is 18.9 Å². The molecule has 41 heavy (non-hydrogen) atoms. The van der Waals surface area contributed by atoms with Crippen molar-refractivity contribution in [3.05, 3.63) is 75.9 Å². The van der Waals surface area contributed by atoms with Crippen LogP contribution >= 0.6 is 0 Å². The summed E-state index contributed by atoms with van der Waals surface area (Å²) in [6.45, 7) is 0.419. The van der Waals surface area contributed by atoms with E-state index in [9.17, 15) is 34.5 Å². The lowest BCUT2D eigenvalue weighted by atomic mass is 9.89. The number of fused-ring (bicyclic) bond motifs is 2. The van der Waals surface area contributed by atoms with Crippen molar-refractivity contribution in [3.63, 3.8) is 0 Å². The predicted molar refractivity (Wildman–Crippen MR) is 152 cm³/mol. The maximum Gasteiger partial charge on any atom is 0.336 e. The van der Waals surface area contributed by atoms with Crippen LogP contribution in [0, 0.1) is 0 Å². The third-order valence-corrected chi connectivity index (χ3v) is 6.48. The molecule has 2 aromatic carbocycles. The van der Waals surface area contributed by atoms with Gasteiger partial charge in [-0.2, -0.15) is 0 Å². The maximum atomic E-state index is 13.0. The molecule has 212 valence electrons. The maximum absolute atomic E-state index is 13.0. The van der Waals surface area contributed by atoms with Crippen LogP contribution in [0.5, 0.6) is 5.75 Å². The van der Waals surface area contributed by atoms with Gasteiger partial charge in [-0.15, -0.1) is 0 Å². The minimum atomic E-state index is -1.32. The van der Waals surface area contributed by atoms with E-state index in [2.05, 4.69) is 20.9 Å². The number of amides is 1. The van der Waals surface area contributed by atoms with Gasteiger partial charge in [-0.25, -0.2) is 9.59 Å². The summed E-state index contributed by atoms with van der Waals surface area (Å²) in [5.74, 6) is -2.65. The van der Waals surface area contributed by atoms with Crippen molar-refractivity contribution in [1.29, 1.82) is 0 Å². The number of nitrogens with zero attached hydrogens (tertiary/aromatic N) is 1. The highest BCUT2D eigenvalue weighted by atomic mass is 16.4. The highest BCUT2D eigenvalue weighted by Crippen LogP contribution is 2.42. The minimum absolute atomic E-state index is 0.0418. The van der Waals surface area contributed by atoms with Crippen molar-refractivity contribution in [3.8, 4) is 28.2 Å². The van der Waals surface area contributed by atoms with Crippen molar-refractivity contribution in [2.75, 3.05) is 20.6 Å². The van der Waals surface area contributed by atoms with Gasteiger partial charge in [0.05, 0.1) is 5.56 Å². The molecule has 1 aliphatic heterocycles. The van der Waals surface area contributed by atoms with E-state index in [-0.39, 0.29) is 45.6 Å². The number of carbonyl (C=O) groups excluding carboxylic acids is 1. The average Bonchev–Trinajstić information content (AvgIpc) is 2.94. The van der Waals surface area contributed by atoms with E-state index in [1.54, 1.807) is 20.2 Å². The molecule has 0 bridgehead atoms. The molecule has 0 fully saturated rings. The first-order valence-corrected chi connectivity index (χ1v) is 12.6. The van der Waals surface area contributed by atoms with E-state index in [4.69, 9.17) is 4.42 Å². The zero-order valence-electron chi connectivity index (χ0n) is 22.2. The van der Waals surface area contributed by atoms with Crippen LogP contribution in [0.4, 0.5) is 0 Å². The number of carboxylic acids is 2. The highest BCUT2D eigenvalue weighted by molar-refractivity contribution is 6.09. The fraction of sp³-hybridized carbons (Fsp3) is 0.207. The molecule has 12 nitrogen and oxygen atoms in total. The molecule has 0 radical (unpaired) electrons. The molecule has 0 saturated heterocycles. The van der Waals surface area contributed by atoms with E-state index in [0.29, 0.717) is 35.4 Å². The van der Waals surface area contributed by atoms with Gasteiger partial charge in [0.15, 0.2) is 11.4 Å². The fourth-order valence-corrected chi connectivity index (χ4v) is 4.52. The number of aromatic carboxylic acids is 1. The van der Waals surface area contributed by atoms with Crippen LogP contribution in [0.2, 0.25) is 0 Å². The molecule has 0 aromatic heterocycles. The summed E-state index contributed by atoms with van der Waals surface area (Å²) in [5, 5.41) is 38.5. The molecule has 2 aromatic rings. The van der Waals surface area contributed by atoms with Crippen LogP contribution in [0.3, 0.4) is 0 Å². The number of carboxylic acid groups (broad SMARTS) is 2. The Kier molecular flexibility index (Phi) is 8.51. The molecule has 12 heteroatoms. The standard InChI is InChI=1S/C29H28N4O8/c1-30-29(31-2)32-11-3-4-22(28(39)40)33-26(36)15-5-8-18(21(12-15)27(37)38)25-19-9-6-16(34)13-23(19)41-24-14-17(35)7-10-20(24)25/h5-10,12-14,22,34H,3-4,11H2,1-2H3,(H,33,36)(H,37,38)(H,39,40)(H2,30,31,32)/t22-/m0/s1. The van der Waals surface area contributed by atoms with Crippen molar-refractivity contribution in [1.82, 2.24) is 16.0 Å². The number of nitrogens with one attached hydrogen (secondary N) is 3. The quantitative estimate of drug-likeness (QED) is 0.0768. The number of phenolic OH excluding ortho intramolecular Hbond substituents is 1. The molecular formula is C29H28N4O8. The van der Waals surface area contributed by atoms with Crippen molar-refractivity contribution in [2.24, 2.45) is 4.99 Å². The number of aliphatic carboxylic acids is 1. The lowest BCUT2D eigenvalue weighted by molar-refractivity contribution is -0.139. The van der Waals surface area contributed by atoms with Gasteiger partial charge in [-0.3, -0.25) is 14.6 Å². The smallest absolute Gasteiger partial charge is 0.336 e. The first-order chi connectivity index (χ1) is 19.6. The number of guanidine groups is 1. The molecule has 2 aliphatic rings. The predicted octanol–water partition coefficient (Wildman–Crippen LogP) is 2.73. The number of aliphatic imine (C=N–C) groups is 1. The third kappa shape index (κ3) is 6.27. The van der Waals surface area contributed by atoms with Crippen molar-refractivity contribution >= 4 is 34.8 Å². The number of aromatic hydroxyl groups is 1. The SMILES string of the molecule is C/N=C(\NC)NCCC[C@H](NC(=O)c1ccc(-c2c3ccc(=O)cc-3oc3cc(O)ccc23)c(C(=O)O)c1)C(=O)O. The Balaban J connectivity index is 1.69. The first-order valence-electron chi connectivity index (χ1n) is 12.6. The van der Waals surface area contributed by atoms with Gasteiger partial charge in [-0.05, 0) is 54.8 Å². The van der Waals surface area contributed by atoms with Crippen LogP contribution in [0.25, 0.3) is 33.4 Å². The molecule has 0 spiro atoms. The normalized spacial score (nSPS) is 12.2. The molecule has 4 rings (SSSR count). The molecule has 1 aliphatic carbocycles. The van der Waals surface area contributed by atoms with Crippen LogP contribution in [0.15, 0.2) is 68.8 Å². The summed E-state index contributed by atoms with van der Waals surface area (Å²) >= 11 is 0. The van der Waals surface area contributed by atoms with Crippen LogP contribution < -0.4 is 21.4 Å². The van der Waals surface area contributed by atoms with E-state index >= 15 is 0 Å². The Morgan fingerprint density at radius 2 is 1.76 bits per heavy atom. The van der Waals surface area contributed by atoms with Gasteiger partial charge >= 0.3 is 11.9 Å². The summed E-state index contributed by atoms with van der Waals surface area (Å²) in [4.78, 5) is 53.2. The average molecular weight is 561 g/mol. The van der Waals surface area contributed by atoms with Gasteiger partial charge in [-0.1, -0.05) is 6.07 Å². The highest BCUT2D eigenvalue weighted by Gasteiger charge is 2.25. The van der Waals surface area contributed by atoms with E-state index in [0.717, 1.165) is 0 Å². The molecule has 6 N–H and O–H groups in total. The summed E-state index contributed by atoms with van der Waals surface area (Å²) in [7, 11) is 3.29. The summed E-state index contributed by atoms with van der Waals surface area (Å²) < 4.78 is 5.82. The van der Waals surface area contributed by atoms with E-state index < -0.39 is 23.9 Å². The molecular weight excluding hydrogens is 532 g/mol. The second kappa shape index (κ2) is 12.2. The van der Waals surface area contributed by atoms with Gasteiger partial charge in [0.25, 0.3) is 5.91 Å². The molecule has 1 atom stereocenters. The van der Waals surface area contributed by atoms with E-state index in [1.165, 1.54) is 48.5 Å². The zero-order valence-corrected chi connectivity index (χ0v) is 22.2. The number of hydrogen-bond acceptors (Lipinski definition) is 7.